The zero-order chi connectivity index (χ0) is 15.0. The number of hydrogen-bond donors (Lipinski definition) is 2. The van der Waals surface area contributed by atoms with E-state index in [9.17, 15) is 13.2 Å². The summed E-state index contributed by atoms with van der Waals surface area (Å²) in [5, 5.41) is 9.00. The van der Waals surface area contributed by atoms with E-state index in [1.807, 2.05) is 6.92 Å². The van der Waals surface area contributed by atoms with Crippen LogP contribution in [0.25, 0.3) is 0 Å². The zero-order valence-electron chi connectivity index (χ0n) is 10.7. The molecule has 8 heteroatoms. The molecular weight excluding hydrogens is 350 g/mol. The van der Waals surface area contributed by atoms with Gasteiger partial charge >= 0.3 is 5.97 Å². The highest BCUT2D eigenvalue weighted by Crippen LogP contribution is 2.26. The SMILES string of the molecule is CC1(CNS(=O)(=O)c2ccc(Br)c(C(=O)O)c2)COC1. The van der Waals surface area contributed by atoms with Gasteiger partial charge in [0.25, 0.3) is 0 Å². The average Bonchev–Trinajstić information content (AvgIpc) is 2.34. The van der Waals surface area contributed by atoms with E-state index < -0.39 is 16.0 Å². The predicted molar refractivity (Wildman–Crippen MR) is 75.2 cm³/mol. The minimum atomic E-state index is -3.73. The highest BCUT2D eigenvalue weighted by molar-refractivity contribution is 9.10. The lowest BCUT2D eigenvalue weighted by molar-refractivity contribution is -0.0965. The molecule has 2 rings (SSSR count). The number of rotatable bonds is 5. The fraction of sp³-hybridized carbons (Fsp3) is 0.417. The molecule has 0 saturated carbocycles. The molecule has 0 spiro atoms. The molecule has 20 heavy (non-hydrogen) atoms. The van der Waals surface area contributed by atoms with Crippen molar-refractivity contribution in [2.24, 2.45) is 5.41 Å². The number of halogens is 1. The first-order valence-corrected chi connectivity index (χ1v) is 8.11. The monoisotopic (exact) mass is 363 g/mol. The van der Waals surface area contributed by atoms with Crippen molar-refractivity contribution in [2.75, 3.05) is 19.8 Å². The second kappa shape index (κ2) is 5.44. The van der Waals surface area contributed by atoms with Gasteiger partial charge in [-0.3, -0.25) is 0 Å². The summed E-state index contributed by atoms with van der Waals surface area (Å²) in [6, 6.07) is 3.90. The molecule has 2 N–H and O–H groups in total. The number of ether oxygens (including phenoxy) is 1. The number of carbonyl (C=O) groups is 1. The summed E-state index contributed by atoms with van der Waals surface area (Å²) in [5.41, 5.74) is -0.288. The van der Waals surface area contributed by atoms with Crippen molar-refractivity contribution in [1.82, 2.24) is 4.72 Å². The van der Waals surface area contributed by atoms with Gasteiger partial charge in [0, 0.05) is 16.4 Å². The fourth-order valence-corrected chi connectivity index (χ4v) is 3.38. The number of aromatic carboxylic acids is 1. The Morgan fingerprint density at radius 3 is 2.65 bits per heavy atom. The van der Waals surface area contributed by atoms with Crippen LogP contribution >= 0.6 is 15.9 Å². The van der Waals surface area contributed by atoms with Crippen molar-refractivity contribution >= 4 is 31.9 Å². The Labute approximate surface area is 125 Å². The summed E-state index contributed by atoms with van der Waals surface area (Å²) in [5.74, 6) is -1.19. The molecule has 1 aliphatic rings. The fourth-order valence-electron chi connectivity index (χ4n) is 1.74. The molecule has 1 saturated heterocycles. The van der Waals surface area contributed by atoms with E-state index in [-0.39, 0.29) is 22.4 Å². The van der Waals surface area contributed by atoms with Crippen LogP contribution in [0.3, 0.4) is 0 Å². The van der Waals surface area contributed by atoms with Gasteiger partial charge in [-0.15, -0.1) is 0 Å². The third kappa shape index (κ3) is 3.20. The molecule has 0 radical (unpaired) electrons. The quantitative estimate of drug-likeness (QED) is 0.825. The van der Waals surface area contributed by atoms with Gasteiger partial charge in [0.05, 0.1) is 23.7 Å². The van der Waals surface area contributed by atoms with Gasteiger partial charge < -0.3 is 9.84 Å². The number of nitrogens with one attached hydrogen (secondary N) is 1. The highest BCUT2D eigenvalue weighted by Gasteiger charge is 2.34. The van der Waals surface area contributed by atoms with Crippen molar-refractivity contribution in [3.05, 3.63) is 28.2 Å². The van der Waals surface area contributed by atoms with E-state index in [1.165, 1.54) is 12.1 Å². The van der Waals surface area contributed by atoms with Gasteiger partial charge in [-0.2, -0.15) is 0 Å². The molecular formula is C12H14BrNO5S. The number of hydrogen-bond acceptors (Lipinski definition) is 4. The van der Waals surface area contributed by atoms with Crippen molar-refractivity contribution in [1.29, 1.82) is 0 Å². The normalized spacial score (nSPS) is 17.5. The molecule has 0 atom stereocenters. The summed E-state index contributed by atoms with van der Waals surface area (Å²) in [7, 11) is -3.73. The molecule has 6 nitrogen and oxygen atoms in total. The van der Waals surface area contributed by atoms with Crippen molar-refractivity contribution in [3.63, 3.8) is 0 Å². The summed E-state index contributed by atoms with van der Waals surface area (Å²) >= 11 is 3.08. The van der Waals surface area contributed by atoms with Crippen LogP contribution in [-0.4, -0.2) is 39.3 Å². The third-order valence-corrected chi connectivity index (χ3v) is 5.16. The smallest absolute Gasteiger partial charge is 0.336 e. The van der Waals surface area contributed by atoms with Crippen LogP contribution in [-0.2, 0) is 14.8 Å². The van der Waals surface area contributed by atoms with Crippen molar-refractivity contribution in [2.45, 2.75) is 11.8 Å². The lowest BCUT2D eigenvalue weighted by Gasteiger charge is -2.37. The molecule has 1 fully saturated rings. The maximum absolute atomic E-state index is 12.1. The Balaban J connectivity index is 2.21. The van der Waals surface area contributed by atoms with Gasteiger partial charge in [0.1, 0.15) is 0 Å². The standard InChI is InChI=1S/C12H14BrNO5S/c1-12(6-19-7-12)5-14-20(17,18)8-2-3-10(13)9(4-8)11(15)16/h2-4,14H,5-7H2,1H3,(H,15,16). The van der Waals surface area contributed by atoms with Crippen LogP contribution in [0.1, 0.15) is 17.3 Å². The van der Waals surface area contributed by atoms with Crippen LogP contribution in [0.15, 0.2) is 27.6 Å². The van der Waals surface area contributed by atoms with Gasteiger partial charge in [0.2, 0.25) is 10.0 Å². The van der Waals surface area contributed by atoms with Crippen molar-refractivity contribution < 1.29 is 23.1 Å². The van der Waals surface area contributed by atoms with Gasteiger partial charge in [-0.05, 0) is 34.1 Å². The summed E-state index contributed by atoms with van der Waals surface area (Å²) in [4.78, 5) is 10.9. The maximum atomic E-state index is 12.1. The van der Waals surface area contributed by atoms with E-state index >= 15 is 0 Å². The number of sulfonamides is 1. The molecule has 1 heterocycles. The number of carboxylic acid groups (broad SMARTS) is 1. The average molecular weight is 364 g/mol. The van der Waals surface area contributed by atoms with E-state index in [0.29, 0.717) is 17.7 Å². The highest BCUT2D eigenvalue weighted by atomic mass is 79.9. The Morgan fingerprint density at radius 1 is 1.50 bits per heavy atom. The predicted octanol–water partition coefficient (Wildman–Crippen LogP) is 1.46. The molecule has 0 unspecified atom stereocenters. The van der Waals surface area contributed by atoms with Gasteiger partial charge in [-0.1, -0.05) is 6.92 Å². The Bertz CT molecular complexity index is 639. The lowest BCUT2D eigenvalue weighted by atomic mass is 9.89. The topological polar surface area (TPSA) is 92.7 Å². The molecule has 0 aromatic heterocycles. The molecule has 0 amide bonds. The molecule has 110 valence electrons. The largest absolute Gasteiger partial charge is 0.478 e. The molecule has 1 aromatic rings. The summed E-state index contributed by atoms with van der Waals surface area (Å²) < 4.78 is 32.2. The van der Waals surface area contributed by atoms with Crippen LogP contribution < -0.4 is 4.72 Å². The maximum Gasteiger partial charge on any atom is 0.336 e. The van der Waals surface area contributed by atoms with E-state index in [4.69, 9.17) is 9.84 Å². The van der Waals surface area contributed by atoms with E-state index in [1.54, 1.807) is 0 Å². The van der Waals surface area contributed by atoms with Crippen LogP contribution in [0.4, 0.5) is 0 Å². The Morgan fingerprint density at radius 2 is 2.15 bits per heavy atom. The van der Waals surface area contributed by atoms with Crippen LogP contribution in [0, 0.1) is 5.41 Å². The van der Waals surface area contributed by atoms with Crippen molar-refractivity contribution in [3.8, 4) is 0 Å². The van der Waals surface area contributed by atoms with E-state index in [0.717, 1.165) is 6.07 Å². The van der Waals surface area contributed by atoms with Crippen LogP contribution in [0.2, 0.25) is 0 Å². The minimum absolute atomic E-state index is 0.0676. The first-order chi connectivity index (χ1) is 9.23. The first kappa shape index (κ1) is 15.4. The van der Waals surface area contributed by atoms with E-state index in [2.05, 4.69) is 20.7 Å². The zero-order valence-corrected chi connectivity index (χ0v) is 13.1. The molecule has 0 bridgehead atoms. The number of carboxylic acids is 1. The first-order valence-electron chi connectivity index (χ1n) is 5.84. The second-order valence-electron chi connectivity index (χ2n) is 5.07. The summed E-state index contributed by atoms with van der Waals surface area (Å²) in [6.45, 7) is 3.20. The minimum Gasteiger partial charge on any atom is -0.478 e. The number of benzene rings is 1. The Hall–Kier alpha value is -0.960. The summed E-state index contributed by atoms with van der Waals surface area (Å²) in [6.07, 6.45) is 0. The third-order valence-electron chi connectivity index (χ3n) is 3.07. The molecule has 0 aliphatic carbocycles. The van der Waals surface area contributed by atoms with Gasteiger partial charge in [0.15, 0.2) is 0 Å². The van der Waals surface area contributed by atoms with Gasteiger partial charge in [-0.25, -0.2) is 17.9 Å². The molecule has 1 aliphatic heterocycles. The Kier molecular flexibility index (Phi) is 4.19. The lowest BCUT2D eigenvalue weighted by Crippen LogP contribution is -2.48. The molecule has 1 aromatic carbocycles. The second-order valence-corrected chi connectivity index (χ2v) is 7.70. The van der Waals surface area contributed by atoms with Crippen LogP contribution in [0.5, 0.6) is 0 Å².